The van der Waals surface area contributed by atoms with Gasteiger partial charge in [0.15, 0.2) is 11.5 Å². The van der Waals surface area contributed by atoms with Crippen molar-refractivity contribution in [3.05, 3.63) is 42.2 Å². The van der Waals surface area contributed by atoms with E-state index in [1.165, 1.54) is 6.33 Å². The van der Waals surface area contributed by atoms with Gasteiger partial charge < -0.3 is 25.4 Å². The molecule has 29 heavy (non-hydrogen) atoms. The number of fused-ring (bicyclic) bond motifs is 1. The molecule has 0 aromatic carbocycles. The molecule has 4 atom stereocenters. The van der Waals surface area contributed by atoms with Crippen LogP contribution in [0.25, 0.3) is 11.2 Å². The Kier molecular flexibility index (Phi) is 5.12. The van der Waals surface area contributed by atoms with Crippen LogP contribution in [-0.4, -0.2) is 65.9 Å². The number of carbonyl (C=O) groups is 1. The number of hydrogen-bond donors (Lipinski definition) is 4. The highest BCUT2D eigenvalue weighted by atomic mass is 16.3. The lowest BCUT2D eigenvalue weighted by Crippen LogP contribution is -2.54. The minimum atomic E-state index is -1.13. The Labute approximate surface area is 167 Å². The molecule has 1 aliphatic carbocycles. The lowest BCUT2D eigenvalue weighted by atomic mass is 9.85. The maximum atomic E-state index is 12.5. The number of amides is 1. The summed E-state index contributed by atoms with van der Waals surface area (Å²) in [6.07, 6.45) is 3.37. The number of aliphatic hydroxyl groups excluding tert-OH is 2. The first kappa shape index (κ1) is 19.2. The van der Waals surface area contributed by atoms with Crippen LogP contribution >= 0.6 is 0 Å². The topological polar surface area (TPSA) is 138 Å². The first-order valence-electron chi connectivity index (χ1n) is 9.45. The van der Waals surface area contributed by atoms with E-state index in [4.69, 9.17) is 0 Å². The molecule has 3 aromatic rings. The smallest absolute Gasteiger partial charge is 0.270 e. The molecule has 10 heteroatoms. The van der Waals surface area contributed by atoms with Gasteiger partial charge in [0, 0.05) is 13.2 Å². The Hall–Kier alpha value is -3.11. The summed E-state index contributed by atoms with van der Waals surface area (Å²) in [6, 6.07) is 2.57. The summed E-state index contributed by atoms with van der Waals surface area (Å²) in [6.45, 7) is 1.80. The van der Waals surface area contributed by atoms with E-state index >= 15 is 0 Å². The second-order valence-electron chi connectivity index (χ2n) is 7.17. The van der Waals surface area contributed by atoms with Crippen molar-refractivity contribution < 1.29 is 15.0 Å². The zero-order valence-electron chi connectivity index (χ0n) is 16.1. The summed E-state index contributed by atoms with van der Waals surface area (Å²) in [5.41, 5.74) is 2.23. The monoisotopic (exact) mass is 397 g/mol. The van der Waals surface area contributed by atoms with E-state index in [2.05, 4.69) is 30.6 Å². The number of anilines is 1. The second kappa shape index (κ2) is 7.72. The molecular formula is C19H23N7O3. The Balaban J connectivity index is 1.53. The molecule has 1 aliphatic rings. The summed E-state index contributed by atoms with van der Waals surface area (Å²) < 4.78 is 1.76. The van der Waals surface area contributed by atoms with Crippen LogP contribution in [0.5, 0.6) is 0 Å². The van der Waals surface area contributed by atoms with Crippen LogP contribution in [0, 0.1) is 6.92 Å². The van der Waals surface area contributed by atoms with E-state index in [-0.39, 0.29) is 5.91 Å². The molecule has 0 aliphatic heterocycles. The average molecular weight is 397 g/mol. The molecular weight excluding hydrogens is 374 g/mol. The molecule has 0 spiro atoms. The highest BCUT2D eigenvalue weighted by Gasteiger charge is 2.40. The van der Waals surface area contributed by atoms with Crippen LogP contribution in [0.4, 0.5) is 5.82 Å². The number of nitrogens with zero attached hydrogens (tertiary/aromatic N) is 5. The largest absolute Gasteiger partial charge is 0.388 e. The van der Waals surface area contributed by atoms with Crippen LogP contribution in [-0.2, 0) is 0 Å². The molecule has 3 heterocycles. The summed E-state index contributed by atoms with van der Waals surface area (Å²) >= 11 is 0. The van der Waals surface area contributed by atoms with E-state index in [0.717, 1.165) is 5.56 Å². The minimum Gasteiger partial charge on any atom is -0.388 e. The summed E-state index contributed by atoms with van der Waals surface area (Å²) in [5, 5.41) is 27.2. The van der Waals surface area contributed by atoms with Gasteiger partial charge in [-0.25, -0.2) is 15.0 Å². The van der Waals surface area contributed by atoms with Gasteiger partial charge in [0.05, 0.1) is 18.4 Å². The maximum absolute atomic E-state index is 12.5. The fourth-order valence-electron chi connectivity index (χ4n) is 3.86. The SMILES string of the molecule is CNc1ncnc2c1ncn2[C@@H]1CC[C@@H](NC(=O)c2ncccc2C)[C@H](O)[C@H]1O. The Morgan fingerprint density at radius 3 is 2.76 bits per heavy atom. The number of aliphatic hydroxyl groups is 2. The predicted molar refractivity (Wildman–Crippen MR) is 105 cm³/mol. The van der Waals surface area contributed by atoms with Crippen molar-refractivity contribution in [2.45, 2.75) is 44.1 Å². The van der Waals surface area contributed by atoms with Crippen LogP contribution in [0.15, 0.2) is 31.0 Å². The molecule has 0 saturated heterocycles. The molecule has 10 nitrogen and oxygen atoms in total. The molecule has 1 saturated carbocycles. The quantitative estimate of drug-likeness (QED) is 0.497. The van der Waals surface area contributed by atoms with Crippen molar-refractivity contribution in [2.75, 3.05) is 12.4 Å². The highest BCUT2D eigenvalue weighted by molar-refractivity contribution is 5.93. The third-order valence-electron chi connectivity index (χ3n) is 5.42. The van der Waals surface area contributed by atoms with Crippen molar-refractivity contribution in [3.8, 4) is 0 Å². The third-order valence-corrected chi connectivity index (χ3v) is 5.42. The number of aryl methyl sites for hydroxylation is 1. The highest BCUT2D eigenvalue weighted by Crippen LogP contribution is 2.32. The maximum Gasteiger partial charge on any atom is 0.270 e. The number of rotatable bonds is 4. The second-order valence-corrected chi connectivity index (χ2v) is 7.17. The van der Waals surface area contributed by atoms with Gasteiger partial charge in [-0.05, 0) is 31.4 Å². The van der Waals surface area contributed by atoms with Gasteiger partial charge in [0.2, 0.25) is 0 Å². The van der Waals surface area contributed by atoms with Crippen LogP contribution in [0.2, 0.25) is 0 Å². The van der Waals surface area contributed by atoms with Crippen LogP contribution in [0.3, 0.4) is 0 Å². The van der Waals surface area contributed by atoms with Gasteiger partial charge in [0.25, 0.3) is 5.91 Å². The number of aromatic nitrogens is 5. The average Bonchev–Trinajstić information content (AvgIpc) is 3.16. The molecule has 1 fully saturated rings. The summed E-state index contributed by atoms with van der Waals surface area (Å²) in [5.74, 6) is 0.229. The molecule has 4 N–H and O–H groups in total. The van der Waals surface area contributed by atoms with Gasteiger partial charge in [-0.2, -0.15) is 0 Å². The van der Waals surface area contributed by atoms with Crippen molar-refractivity contribution in [1.29, 1.82) is 0 Å². The van der Waals surface area contributed by atoms with Crippen molar-refractivity contribution in [2.24, 2.45) is 0 Å². The summed E-state index contributed by atoms with van der Waals surface area (Å²) in [4.78, 5) is 29.4. The minimum absolute atomic E-state index is 0.313. The van der Waals surface area contributed by atoms with Gasteiger partial charge in [0.1, 0.15) is 29.7 Å². The van der Waals surface area contributed by atoms with E-state index in [1.54, 1.807) is 43.2 Å². The third kappa shape index (κ3) is 3.40. The van der Waals surface area contributed by atoms with Crippen LogP contribution in [0.1, 0.15) is 34.9 Å². The van der Waals surface area contributed by atoms with Gasteiger partial charge in [-0.3, -0.25) is 9.78 Å². The molecule has 0 bridgehead atoms. The Morgan fingerprint density at radius 1 is 1.17 bits per heavy atom. The number of pyridine rings is 1. The lowest BCUT2D eigenvalue weighted by Gasteiger charge is -2.38. The van der Waals surface area contributed by atoms with Crippen LogP contribution < -0.4 is 10.6 Å². The van der Waals surface area contributed by atoms with E-state index in [1.807, 2.05) is 0 Å². The predicted octanol–water partition coefficient (Wildman–Crippen LogP) is 0.427. The molecule has 0 unspecified atom stereocenters. The first-order chi connectivity index (χ1) is 14.0. The van der Waals surface area contributed by atoms with Gasteiger partial charge in [-0.1, -0.05) is 6.07 Å². The molecule has 3 aromatic heterocycles. The molecule has 0 radical (unpaired) electrons. The zero-order chi connectivity index (χ0) is 20.5. The Bertz CT molecular complexity index is 1040. The normalized spacial score (nSPS) is 24.4. The Morgan fingerprint density at radius 2 is 2.00 bits per heavy atom. The standard InChI is InChI=1S/C19H23N7O3/c1-10-4-3-7-21-13(10)19(29)25-11-5-6-12(16(28)15(11)27)26-9-24-14-17(20-2)22-8-23-18(14)26/h3-4,7-9,11-12,15-16,27-28H,5-6H2,1-2H3,(H,25,29)(H,20,22,23)/t11-,12-,15+,16+/m1/s1. The fourth-order valence-corrected chi connectivity index (χ4v) is 3.86. The zero-order valence-corrected chi connectivity index (χ0v) is 16.1. The molecule has 1 amide bonds. The van der Waals surface area contributed by atoms with E-state index in [9.17, 15) is 15.0 Å². The summed E-state index contributed by atoms with van der Waals surface area (Å²) in [7, 11) is 1.75. The first-order valence-corrected chi connectivity index (χ1v) is 9.45. The van der Waals surface area contributed by atoms with Gasteiger partial charge >= 0.3 is 0 Å². The van der Waals surface area contributed by atoms with Crippen molar-refractivity contribution in [3.63, 3.8) is 0 Å². The number of nitrogens with one attached hydrogen (secondary N) is 2. The number of imidazole rings is 1. The fraction of sp³-hybridized carbons (Fsp3) is 0.421. The molecule has 152 valence electrons. The van der Waals surface area contributed by atoms with E-state index in [0.29, 0.717) is 35.5 Å². The lowest BCUT2D eigenvalue weighted by molar-refractivity contribution is -0.0553. The van der Waals surface area contributed by atoms with Crippen molar-refractivity contribution >= 4 is 22.9 Å². The van der Waals surface area contributed by atoms with Gasteiger partial charge in [-0.15, -0.1) is 0 Å². The van der Waals surface area contributed by atoms with E-state index < -0.39 is 24.3 Å². The van der Waals surface area contributed by atoms with Crippen molar-refractivity contribution in [1.82, 2.24) is 29.8 Å². The number of carbonyl (C=O) groups excluding carboxylic acids is 1. The molecule has 4 rings (SSSR count). The number of hydrogen-bond acceptors (Lipinski definition) is 8.